The Morgan fingerprint density at radius 1 is 1.43 bits per heavy atom. The first-order valence-corrected chi connectivity index (χ1v) is 7.99. The lowest BCUT2D eigenvalue weighted by atomic mass is 9.89. The predicted octanol–water partition coefficient (Wildman–Crippen LogP) is 3.27. The summed E-state index contributed by atoms with van der Waals surface area (Å²) in [5.74, 6) is 0.961. The number of nitrogens with one attached hydrogen (secondary N) is 1. The highest BCUT2D eigenvalue weighted by Gasteiger charge is 2.20. The Bertz CT molecular complexity index is 642. The minimum Gasteiger partial charge on any atom is -0.423 e. The van der Waals surface area contributed by atoms with Gasteiger partial charge in [0.05, 0.1) is 6.10 Å². The van der Waals surface area contributed by atoms with Gasteiger partial charge in [0.2, 0.25) is 18.2 Å². The van der Waals surface area contributed by atoms with Crippen LogP contribution in [0, 0.1) is 5.92 Å². The first-order valence-electron chi connectivity index (χ1n) is 7.99. The average Bonchev–Trinajstić information content (AvgIpc) is 3.08. The summed E-state index contributed by atoms with van der Waals surface area (Å²) in [5, 5.41) is 10.4. The van der Waals surface area contributed by atoms with E-state index in [2.05, 4.69) is 22.4 Å². The molecule has 1 saturated carbocycles. The lowest BCUT2D eigenvalue weighted by Crippen LogP contribution is -2.26. The molecule has 6 heteroatoms. The first-order chi connectivity index (χ1) is 11.2. The van der Waals surface area contributed by atoms with Crippen LogP contribution in [0.25, 0.3) is 11.5 Å². The summed E-state index contributed by atoms with van der Waals surface area (Å²) in [5.41, 5.74) is 1.45. The minimum absolute atomic E-state index is 0.0855. The van der Waals surface area contributed by atoms with Crippen LogP contribution in [0.3, 0.4) is 0 Å². The van der Waals surface area contributed by atoms with Gasteiger partial charge in [0.1, 0.15) is 6.61 Å². The number of hydrogen-bond donors (Lipinski definition) is 1. The van der Waals surface area contributed by atoms with E-state index < -0.39 is 0 Å². The van der Waals surface area contributed by atoms with Gasteiger partial charge in [-0.3, -0.25) is 4.79 Å². The van der Waals surface area contributed by atoms with E-state index in [9.17, 15) is 4.79 Å². The molecule has 0 spiro atoms. The van der Waals surface area contributed by atoms with Crippen LogP contribution in [0.1, 0.15) is 32.6 Å². The SMILES string of the molecule is CC1CCCC(OCC(=O)Nc2cccc(-c3nnco3)c2)C1. The molecular formula is C17H21N3O3. The van der Waals surface area contributed by atoms with Crippen molar-refractivity contribution in [3.63, 3.8) is 0 Å². The van der Waals surface area contributed by atoms with Gasteiger partial charge in [0.15, 0.2) is 0 Å². The fourth-order valence-electron chi connectivity index (χ4n) is 2.95. The van der Waals surface area contributed by atoms with Crippen molar-refractivity contribution in [3.05, 3.63) is 30.7 Å². The first kappa shape index (κ1) is 15.7. The molecule has 0 radical (unpaired) electrons. The lowest BCUT2D eigenvalue weighted by molar-refractivity contribution is -0.123. The van der Waals surface area contributed by atoms with Gasteiger partial charge in [-0.25, -0.2) is 0 Å². The van der Waals surface area contributed by atoms with Gasteiger partial charge in [0, 0.05) is 11.3 Å². The van der Waals surface area contributed by atoms with Crippen LogP contribution >= 0.6 is 0 Å². The maximum Gasteiger partial charge on any atom is 0.250 e. The van der Waals surface area contributed by atoms with Gasteiger partial charge >= 0.3 is 0 Å². The van der Waals surface area contributed by atoms with E-state index in [1.807, 2.05) is 18.2 Å². The molecule has 0 aliphatic heterocycles. The Labute approximate surface area is 135 Å². The van der Waals surface area contributed by atoms with Crippen molar-refractivity contribution >= 4 is 11.6 Å². The van der Waals surface area contributed by atoms with E-state index in [1.54, 1.807) is 6.07 Å². The van der Waals surface area contributed by atoms with Crippen molar-refractivity contribution in [2.24, 2.45) is 5.92 Å². The van der Waals surface area contributed by atoms with Gasteiger partial charge in [-0.15, -0.1) is 10.2 Å². The second kappa shape index (κ2) is 7.37. The third-order valence-electron chi connectivity index (χ3n) is 4.09. The van der Waals surface area contributed by atoms with Gasteiger partial charge < -0.3 is 14.5 Å². The minimum atomic E-state index is -0.147. The van der Waals surface area contributed by atoms with E-state index in [-0.39, 0.29) is 18.6 Å². The molecule has 1 fully saturated rings. The maximum absolute atomic E-state index is 12.0. The second-order valence-corrected chi connectivity index (χ2v) is 6.08. The normalized spacial score (nSPS) is 21.1. The van der Waals surface area contributed by atoms with Gasteiger partial charge in [-0.05, 0) is 37.0 Å². The molecular weight excluding hydrogens is 294 g/mol. The summed E-state index contributed by atoms with van der Waals surface area (Å²) in [6, 6.07) is 7.30. The highest BCUT2D eigenvalue weighted by atomic mass is 16.5. The molecule has 1 N–H and O–H groups in total. The van der Waals surface area contributed by atoms with E-state index in [4.69, 9.17) is 9.15 Å². The summed E-state index contributed by atoms with van der Waals surface area (Å²) in [7, 11) is 0. The summed E-state index contributed by atoms with van der Waals surface area (Å²) >= 11 is 0. The van der Waals surface area contributed by atoms with Crippen molar-refractivity contribution in [3.8, 4) is 11.5 Å². The molecule has 1 amide bonds. The molecule has 6 nitrogen and oxygen atoms in total. The van der Waals surface area contributed by atoms with Gasteiger partial charge in [-0.2, -0.15) is 0 Å². The van der Waals surface area contributed by atoms with Crippen molar-refractivity contribution < 1.29 is 13.9 Å². The number of amides is 1. The molecule has 1 heterocycles. The number of benzene rings is 1. The Morgan fingerprint density at radius 3 is 3.13 bits per heavy atom. The molecule has 122 valence electrons. The Morgan fingerprint density at radius 2 is 2.35 bits per heavy atom. The monoisotopic (exact) mass is 315 g/mol. The summed E-state index contributed by atoms with van der Waals surface area (Å²) in [6.45, 7) is 2.32. The van der Waals surface area contributed by atoms with E-state index in [1.165, 1.54) is 19.2 Å². The molecule has 1 aromatic heterocycles. The number of aromatic nitrogens is 2. The number of ether oxygens (including phenoxy) is 1. The third kappa shape index (κ3) is 4.39. The molecule has 1 aromatic carbocycles. The number of carbonyl (C=O) groups is 1. The van der Waals surface area contributed by atoms with Crippen LogP contribution in [0.2, 0.25) is 0 Å². The predicted molar refractivity (Wildman–Crippen MR) is 85.7 cm³/mol. The molecule has 2 atom stereocenters. The largest absolute Gasteiger partial charge is 0.423 e. The summed E-state index contributed by atoms with van der Waals surface area (Å²) < 4.78 is 10.9. The average molecular weight is 315 g/mol. The fourth-order valence-corrected chi connectivity index (χ4v) is 2.95. The molecule has 2 unspecified atom stereocenters. The third-order valence-corrected chi connectivity index (χ3v) is 4.09. The van der Waals surface area contributed by atoms with Gasteiger partial charge in [-0.1, -0.05) is 25.8 Å². The number of nitrogens with zero attached hydrogens (tertiary/aromatic N) is 2. The molecule has 1 aliphatic rings. The zero-order chi connectivity index (χ0) is 16.1. The van der Waals surface area contributed by atoms with Crippen molar-refractivity contribution in [1.29, 1.82) is 0 Å². The molecule has 1 aliphatic carbocycles. The standard InChI is InChI=1S/C17H21N3O3/c1-12-4-2-7-15(8-12)22-10-16(21)19-14-6-3-5-13(9-14)17-20-18-11-23-17/h3,5-6,9,11-12,15H,2,4,7-8,10H2,1H3,(H,19,21). The zero-order valence-electron chi connectivity index (χ0n) is 13.2. The number of hydrogen-bond acceptors (Lipinski definition) is 5. The van der Waals surface area contributed by atoms with Crippen LogP contribution in [-0.4, -0.2) is 28.8 Å². The number of rotatable bonds is 5. The topological polar surface area (TPSA) is 77.2 Å². The fraction of sp³-hybridized carbons (Fsp3) is 0.471. The highest BCUT2D eigenvalue weighted by Crippen LogP contribution is 2.25. The summed E-state index contributed by atoms with van der Waals surface area (Å²) in [6.07, 6.45) is 6.01. The number of carbonyl (C=O) groups excluding carboxylic acids is 1. The Kier molecular flexibility index (Phi) is 5.02. The maximum atomic E-state index is 12.0. The van der Waals surface area contributed by atoms with Crippen LogP contribution < -0.4 is 5.32 Å². The Balaban J connectivity index is 1.52. The van der Waals surface area contributed by atoms with E-state index >= 15 is 0 Å². The van der Waals surface area contributed by atoms with E-state index in [0.29, 0.717) is 17.5 Å². The molecule has 0 bridgehead atoms. The van der Waals surface area contributed by atoms with Crippen molar-refractivity contribution in [2.45, 2.75) is 38.7 Å². The quantitative estimate of drug-likeness (QED) is 0.916. The molecule has 0 saturated heterocycles. The van der Waals surface area contributed by atoms with Crippen molar-refractivity contribution in [2.75, 3.05) is 11.9 Å². The van der Waals surface area contributed by atoms with Crippen LogP contribution in [-0.2, 0) is 9.53 Å². The van der Waals surface area contributed by atoms with Crippen molar-refractivity contribution in [1.82, 2.24) is 10.2 Å². The van der Waals surface area contributed by atoms with Crippen LogP contribution in [0.4, 0.5) is 5.69 Å². The smallest absolute Gasteiger partial charge is 0.250 e. The molecule has 3 rings (SSSR count). The molecule has 23 heavy (non-hydrogen) atoms. The number of anilines is 1. The molecule has 2 aromatic rings. The zero-order valence-corrected chi connectivity index (χ0v) is 13.2. The van der Waals surface area contributed by atoms with E-state index in [0.717, 1.165) is 18.4 Å². The lowest BCUT2D eigenvalue weighted by Gasteiger charge is -2.26. The summed E-state index contributed by atoms with van der Waals surface area (Å²) in [4.78, 5) is 12.0. The van der Waals surface area contributed by atoms with Crippen LogP contribution in [0.15, 0.2) is 35.1 Å². The van der Waals surface area contributed by atoms with Crippen LogP contribution in [0.5, 0.6) is 0 Å². The van der Waals surface area contributed by atoms with Gasteiger partial charge in [0.25, 0.3) is 0 Å². The Hall–Kier alpha value is -2.21. The second-order valence-electron chi connectivity index (χ2n) is 6.08. The highest BCUT2D eigenvalue weighted by molar-refractivity contribution is 5.92.